The summed E-state index contributed by atoms with van der Waals surface area (Å²) in [7, 11) is 0. The van der Waals surface area contributed by atoms with Crippen LogP contribution >= 0.6 is 0 Å². The van der Waals surface area contributed by atoms with Gasteiger partial charge >= 0.3 is 0 Å². The molecule has 2 rings (SSSR count). The second-order valence-electron chi connectivity index (χ2n) is 5.30. The summed E-state index contributed by atoms with van der Waals surface area (Å²) < 4.78 is 5.85. The number of hydrogen-bond donors (Lipinski definition) is 1. The van der Waals surface area contributed by atoms with E-state index in [9.17, 15) is 0 Å². The summed E-state index contributed by atoms with van der Waals surface area (Å²) in [6.07, 6.45) is 3.15. The average Bonchev–Trinajstić information content (AvgIpc) is 2.50. The fraction of sp³-hybridized carbons (Fsp3) is 0.571. The Morgan fingerprint density at radius 2 is 2.19 bits per heavy atom. The predicted octanol–water partition coefficient (Wildman–Crippen LogP) is 3.20. The van der Waals surface area contributed by atoms with Crippen molar-refractivity contribution >= 4 is 0 Å². The predicted molar refractivity (Wildman–Crippen MR) is 66.7 cm³/mol. The molecule has 0 bridgehead atoms. The van der Waals surface area contributed by atoms with Gasteiger partial charge in [-0.2, -0.15) is 0 Å². The van der Waals surface area contributed by atoms with Crippen molar-refractivity contribution in [1.29, 1.82) is 0 Å². The van der Waals surface area contributed by atoms with Crippen LogP contribution in [-0.2, 0) is 6.42 Å². The number of fused-ring (bicyclic) bond motifs is 1. The van der Waals surface area contributed by atoms with Crippen LogP contribution in [0.5, 0.6) is 5.75 Å². The Bertz CT molecular complexity index is 384. The lowest BCUT2D eigenvalue weighted by Crippen LogP contribution is -2.24. The fourth-order valence-corrected chi connectivity index (χ4v) is 2.34. The van der Waals surface area contributed by atoms with Gasteiger partial charge in [-0.1, -0.05) is 25.5 Å². The maximum absolute atomic E-state index is 6.13. The zero-order chi connectivity index (χ0) is 11.8. The molecule has 16 heavy (non-hydrogen) atoms. The largest absolute Gasteiger partial charge is 0.487 e. The highest BCUT2D eigenvalue weighted by atomic mass is 16.5. The quantitative estimate of drug-likeness (QED) is 0.847. The van der Waals surface area contributed by atoms with Gasteiger partial charge in [0.2, 0.25) is 0 Å². The number of hydrogen-bond acceptors (Lipinski definition) is 2. The third kappa shape index (κ3) is 2.22. The Hall–Kier alpha value is -1.02. The summed E-state index contributed by atoms with van der Waals surface area (Å²) in [6.45, 7) is 6.41. The third-order valence-corrected chi connectivity index (χ3v) is 3.11. The molecule has 1 atom stereocenters. The van der Waals surface area contributed by atoms with Crippen molar-refractivity contribution in [3.05, 3.63) is 29.3 Å². The van der Waals surface area contributed by atoms with E-state index in [0.717, 1.165) is 25.0 Å². The van der Waals surface area contributed by atoms with E-state index in [-0.39, 0.29) is 11.6 Å². The van der Waals surface area contributed by atoms with Gasteiger partial charge in [-0.05, 0) is 37.5 Å². The minimum Gasteiger partial charge on any atom is -0.487 e. The van der Waals surface area contributed by atoms with Gasteiger partial charge in [0.25, 0.3) is 0 Å². The third-order valence-electron chi connectivity index (χ3n) is 3.11. The van der Waals surface area contributed by atoms with Crippen LogP contribution in [0.25, 0.3) is 0 Å². The van der Waals surface area contributed by atoms with Crippen LogP contribution in [0.2, 0.25) is 0 Å². The summed E-state index contributed by atoms with van der Waals surface area (Å²) in [6, 6.07) is 6.54. The molecule has 0 saturated heterocycles. The van der Waals surface area contributed by atoms with E-state index in [4.69, 9.17) is 10.5 Å². The highest BCUT2D eigenvalue weighted by molar-refractivity contribution is 5.42. The van der Waals surface area contributed by atoms with Crippen molar-refractivity contribution in [1.82, 2.24) is 0 Å². The second kappa shape index (κ2) is 4.10. The van der Waals surface area contributed by atoms with Crippen LogP contribution < -0.4 is 10.5 Å². The number of benzene rings is 1. The van der Waals surface area contributed by atoms with Crippen molar-refractivity contribution in [2.75, 3.05) is 0 Å². The Kier molecular flexibility index (Phi) is 2.94. The topological polar surface area (TPSA) is 35.2 Å². The molecule has 2 N–H and O–H groups in total. The summed E-state index contributed by atoms with van der Waals surface area (Å²) in [5, 5.41) is 0. The van der Waals surface area contributed by atoms with Gasteiger partial charge < -0.3 is 10.5 Å². The molecule has 2 nitrogen and oxygen atoms in total. The highest BCUT2D eigenvalue weighted by Crippen LogP contribution is 2.36. The Morgan fingerprint density at radius 1 is 1.44 bits per heavy atom. The van der Waals surface area contributed by atoms with Crippen molar-refractivity contribution in [3.8, 4) is 5.75 Å². The summed E-state index contributed by atoms with van der Waals surface area (Å²) in [5.41, 5.74) is 8.60. The number of nitrogens with two attached hydrogens (primary N) is 1. The van der Waals surface area contributed by atoms with Gasteiger partial charge in [0, 0.05) is 12.5 Å². The highest BCUT2D eigenvalue weighted by Gasteiger charge is 2.30. The standard InChI is InChI=1S/C14H21NO/c1-4-5-12(15)10-6-7-13-11(8-10)9-14(2,3)16-13/h6-8,12H,4-5,9,15H2,1-3H3. The van der Waals surface area contributed by atoms with Crippen molar-refractivity contribution < 1.29 is 4.74 Å². The lowest BCUT2D eigenvalue weighted by atomic mass is 9.97. The Labute approximate surface area is 97.8 Å². The van der Waals surface area contributed by atoms with Crippen LogP contribution in [0, 0.1) is 0 Å². The molecule has 1 aromatic rings. The molecule has 1 unspecified atom stereocenters. The van der Waals surface area contributed by atoms with Crippen LogP contribution in [-0.4, -0.2) is 5.60 Å². The number of ether oxygens (including phenoxy) is 1. The SMILES string of the molecule is CCCC(N)c1ccc2c(c1)CC(C)(C)O2. The Balaban J connectivity index is 2.22. The van der Waals surface area contributed by atoms with Crippen molar-refractivity contribution in [3.63, 3.8) is 0 Å². The summed E-state index contributed by atoms with van der Waals surface area (Å²) in [4.78, 5) is 0. The van der Waals surface area contributed by atoms with Crippen molar-refractivity contribution in [2.45, 2.75) is 51.7 Å². The first-order valence-corrected chi connectivity index (χ1v) is 6.09. The zero-order valence-electron chi connectivity index (χ0n) is 10.4. The lowest BCUT2D eigenvalue weighted by molar-refractivity contribution is 0.138. The van der Waals surface area contributed by atoms with Crippen molar-refractivity contribution in [2.24, 2.45) is 5.73 Å². The maximum atomic E-state index is 6.13. The zero-order valence-corrected chi connectivity index (χ0v) is 10.4. The molecule has 1 aromatic carbocycles. The van der Waals surface area contributed by atoms with Gasteiger partial charge in [0.05, 0.1) is 0 Å². The van der Waals surface area contributed by atoms with Gasteiger partial charge in [-0.15, -0.1) is 0 Å². The van der Waals surface area contributed by atoms with Gasteiger partial charge in [0.15, 0.2) is 0 Å². The van der Waals surface area contributed by atoms with E-state index < -0.39 is 0 Å². The molecule has 2 heteroatoms. The van der Waals surface area contributed by atoms with E-state index >= 15 is 0 Å². The molecule has 0 aromatic heterocycles. The molecular formula is C14H21NO. The molecule has 1 aliphatic rings. The molecule has 0 radical (unpaired) electrons. The second-order valence-corrected chi connectivity index (χ2v) is 5.30. The van der Waals surface area contributed by atoms with Gasteiger partial charge in [-0.3, -0.25) is 0 Å². The van der Waals surface area contributed by atoms with E-state index in [1.807, 2.05) is 0 Å². The fourth-order valence-electron chi connectivity index (χ4n) is 2.34. The van der Waals surface area contributed by atoms with Crippen LogP contribution in [0.4, 0.5) is 0 Å². The van der Waals surface area contributed by atoms with E-state index in [2.05, 4.69) is 39.0 Å². The number of rotatable bonds is 3. The first kappa shape index (κ1) is 11.5. The Morgan fingerprint density at radius 3 is 2.88 bits per heavy atom. The smallest absolute Gasteiger partial charge is 0.123 e. The average molecular weight is 219 g/mol. The minimum absolute atomic E-state index is 0.0597. The molecule has 1 heterocycles. The molecular weight excluding hydrogens is 198 g/mol. The first-order valence-electron chi connectivity index (χ1n) is 6.09. The minimum atomic E-state index is -0.0597. The summed E-state index contributed by atoms with van der Waals surface area (Å²) in [5.74, 6) is 1.03. The van der Waals surface area contributed by atoms with Gasteiger partial charge in [-0.25, -0.2) is 0 Å². The van der Waals surface area contributed by atoms with Crippen LogP contribution in [0.15, 0.2) is 18.2 Å². The first-order chi connectivity index (χ1) is 7.52. The van der Waals surface area contributed by atoms with Crippen LogP contribution in [0.1, 0.15) is 50.8 Å². The molecule has 1 aliphatic heterocycles. The summed E-state index contributed by atoms with van der Waals surface area (Å²) >= 11 is 0. The van der Waals surface area contributed by atoms with E-state index in [1.54, 1.807) is 0 Å². The normalized spacial score (nSPS) is 19.0. The van der Waals surface area contributed by atoms with E-state index in [0.29, 0.717) is 0 Å². The lowest BCUT2D eigenvalue weighted by Gasteiger charge is -2.16. The molecule has 88 valence electrons. The van der Waals surface area contributed by atoms with Gasteiger partial charge in [0.1, 0.15) is 11.4 Å². The monoisotopic (exact) mass is 219 g/mol. The molecule has 0 saturated carbocycles. The molecule has 0 spiro atoms. The molecule has 0 amide bonds. The molecule has 0 fully saturated rings. The van der Waals surface area contributed by atoms with Crippen LogP contribution in [0.3, 0.4) is 0 Å². The molecule has 0 aliphatic carbocycles. The maximum Gasteiger partial charge on any atom is 0.123 e. The van der Waals surface area contributed by atoms with E-state index in [1.165, 1.54) is 11.1 Å².